The lowest BCUT2D eigenvalue weighted by molar-refractivity contribution is -0.130. The molecule has 0 saturated carbocycles. The van der Waals surface area contributed by atoms with E-state index in [4.69, 9.17) is 11.6 Å². The van der Waals surface area contributed by atoms with Crippen molar-refractivity contribution in [2.24, 2.45) is 0 Å². The van der Waals surface area contributed by atoms with Crippen LogP contribution in [-0.4, -0.2) is 33.7 Å². The van der Waals surface area contributed by atoms with Crippen LogP contribution in [0, 0.1) is 19.7 Å². The van der Waals surface area contributed by atoms with Gasteiger partial charge in [0.15, 0.2) is 5.78 Å². The first kappa shape index (κ1) is 21.8. The number of imide groups is 1. The fourth-order valence-corrected chi connectivity index (χ4v) is 4.21. The number of nitrogens with one attached hydrogen (secondary N) is 1. The minimum atomic E-state index is -1.28. The molecule has 4 rings (SSSR count). The van der Waals surface area contributed by atoms with Crippen molar-refractivity contribution in [3.8, 4) is 5.69 Å². The van der Waals surface area contributed by atoms with Gasteiger partial charge in [0.2, 0.25) is 0 Å². The highest BCUT2D eigenvalue weighted by molar-refractivity contribution is 6.30. The number of aryl methyl sites for hydroxylation is 1. The Hall–Kier alpha value is -3.45. The fraction of sp³-hybridized carbons (Fsp3) is 0.208. The zero-order chi connectivity index (χ0) is 23.2. The van der Waals surface area contributed by atoms with Gasteiger partial charge in [-0.3, -0.25) is 14.5 Å². The molecule has 3 amide bonds. The van der Waals surface area contributed by atoms with Gasteiger partial charge in [0.05, 0.1) is 6.54 Å². The molecule has 0 bridgehead atoms. The molecule has 8 heteroatoms. The molecule has 0 spiro atoms. The topological polar surface area (TPSA) is 71.4 Å². The second-order valence-corrected chi connectivity index (χ2v) is 8.41. The van der Waals surface area contributed by atoms with E-state index in [1.54, 1.807) is 56.3 Å². The maximum absolute atomic E-state index is 13.3. The lowest BCUT2D eigenvalue weighted by atomic mass is 9.92. The average Bonchev–Trinajstić information content (AvgIpc) is 3.17. The van der Waals surface area contributed by atoms with Gasteiger partial charge in [0.25, 0.3) is 5.91 Å². The molecule has 32 heavy (non-hydrogen) atoms. The molecule has 1 N–H and O–H groups in total. The number of amides is 3. The van der Waals surface area contributed by atoms with E-state index in [1.807, 2.05) is 11.5 Å². The quantitative estimate of drug-likeness (QED) is 0.455. The lowest BCUT2D eigenvalue weighted by Gasteiger charge is -2.22. The molecular weight excluding hydrogens is 433 g/mol. The van der Waals surface area contributed by atoms with E-state index in [9.17, 15) is 18.8 Å². The van der Waals surface area contributed by atoms with Gasteiger partial charge in [-0.1, -0.05) is 23.7 Å². The molecule has 1 aliphatic heterocycles. The molecule has 1 atom stereocenters. The Labute approximate surface area is 189 Å². The number of benzene rings is 2. The zero-order valence-electron chi connectivity index (χ0n) is 17.8. The molecule has 0 unspecified atom stereocenters. The number of hydrogen-bond acceptors (Lipinski definition) is 3. The fourth-order valence-electron chi connectivity index (χ4n) is 4.08. The lowest BCUT2D eigenvalue weighted by Crippen LogP contribution is -2.41. The van der Waals surface area contributed by atoms with Gasteiger partial charge in [-0.2, -0.15) is 0 Å². The molecule has 6 nitrogen and oxygen atoms in total. The zero-order valence-corrected chi connectivity index (χ0v) is 18.5. The Balaban J connectivity index is 1.60. The first-order chi connectivity index (χ1) is 15.1. The van der Waals surface area contributed by atoms with E-state index in [1.165, 1.54) is 12.1 Å². The largest absolute Gasteiger partial charge is 0.325 e. The minimum absolute atomic E-state index is 0.352. The summed E-state index contributed by atoms with van der Waals surface area (Å²) >= 11 is 5.93. The molecule has 2 heterocycles. The van der Waals surface area contributed by atoms with Crippen LogP contribution in [0.25, 0.3) is 5.69 Å². The predicted octanol–water partition coefficient (Wildman–Crippen LogP) is 4.54. The number of nitrogens with zero attached hydrogens (tertiary/aromatic N) is 2. The van der Waals surface area contributed by atoms with Gasteiger partial charge in [-0.05, 0) is 68.8 Å². The third-order valence-electron chi connectivity index (χ3n) is 5.81. The number of Topliss-reactive ketones (excluding diaryl/α,β-unsaturated/α-hetero) is 1. The Morgan fingerprint density at radius 3 is 2.31 bits per heavy atom. The molecule has 0 radical (unpaired) electrons. The number of aromatic nitrogens is 1. The van der Waals surface area contributed by atoms with E-state index >= 15 is 0 Å². The van der Waals surface area contributed by atoms with Crippen LogP contribution in [-0.2, 0) is 10.3 Å². The number of urea groups is 1. The third kappa shape index (κ3) is 3.58. The van der Waals surface area contributed by atoms with Crippen LogP contribution in [0.3, 0.4) is 0 Å². The van der Waals surface area contributed by atoms with Crippen LogP contribution < -0.4 is 5.32 Å². The normalized spacial score (nSPS) is 18.2. The minimum Gasteiger partial charge on any atom is -0.319 e. The summed E-state index contributed by atoms with van der Waals surface area (Å²) in [6.07, 6.45) is 0. The number of carbonyl (C=O) groups is 3. The molecule has 1 aliphatic rings. The molecule has 0 aliphatic carbocycles. The van der Waals surface area contributed by atoms with Crippen LogP contribution in [0.5, 0.6) is 0 Å². The highest BCUT2D eigenvalue weighted by atomic mass is 35.5. The summed E-state index contributed by atoms with van der Waals surface area (Å²) in [7, 11) is 0. The van der Waals surface area contributed by atoms with Crippen molar-refractivity contribution >= 4 is 29.3 Å². The van der Waals surface area contributed by atoms with Crippen molar-refractivity contribution in [3.63, 3.8) is 0 Å². The first-order valence-corrected chi connectivity index (χ1v) is 10.4. The summed E-state index contributed by atoms with van der Waals surface area (Å²) in [5.41, 5.74) is 1.82. The summed E-state index contributed by atoms with van der Waals surface area (Å²) in [6.45, 7) is 4.81. The van der Waals surface area contributed by atoms with Gasteiger partial charge in [0, 0.05) is 27.7 Å². The molecule has 164 valence electrons. The SMILES string of the molecule is Cc1cc(C(=O)CN2C(=O)N[C@@](C)(c3ccc(Cl)cc3)C2=O)c(C)n1-c1ccc(F)cc1. The van der Waals surface area contributed by atoms with Crippen LogP contribution in [0.4, 0.5) is 9.18 Å². The number of halogens is 2. The predicted molar refractivity (Wildman–Crippen MR) is 119 cm³/mol. The molecule has 2 aromatic carbocycles. The first-order valence-electron chi connectivity index (χ1n) is 10.00. The maximum Gasteiger partial charge on any atom is 0.325 e. The van der Waals surface area contributed by atoms with Crippen molar-refractivity contribution in [1.82, 2.24) is 14.8 Å². The van der Waals surface area contributed by atoms with E-state index in [0.717, 1.165) is 10.6 Å². The second kappa shape index (κ2) is 7.91. The Bertz CT molecular complexity index is 1230. The van der Waals surface area contributed by atoms with E-state index in [2.05, 4.69) is 5.32 Å². The van der Waals surface area contributed by atoms with Gasteiger partial charge in [0.1, 0.15) is 11.4 Å². The van der Waals surface area contributed by atoms with Crippen LogP contribution >= 0.6 is 11.6 Å². The second-order valence-electron chi connectivity index (χ2n) is 7.97. The van der Waals surface area contributed by atoms with Crippen molar-refractivity contribution in [3.05, 3.63) is 88.0 Å². The van der Waals surface area contributed by atoms with E-state index in [0.29, 0.717) is 27.5 Å². The van der Waals surface area contributed by atoms with E-state index in [-0.39, 0.29) is 18.1 Å². The monoisotopic (exact) mass is 453 g/mol. The van der Waals surface area contributed by atoms with Gasteiger partial charge < -0.3 is 9.88 Å². The molecule has 1 fully saturated rings. The summed E-state index contributed by atoms with van der Waals surface area (Å²) in [5, 5.41) is 3.20. The summed E-state index contributed by atoms with van der Waals surface area (Å²) in [4.78, 5) is 39.7. The van der Waals surface area contributed by atoms with Crippen molar-refractivity contribution in [2.75, 3.05) is 6.54 Å². The summed E-state index contributed by atoms with van der Waals surface area (Å²) in [6, 6.07) is 13.6. The van der Waals surface area contributed by atoms with Gasteiger partial charge >= 0.3 is 6.03 Å². The maximum atomic E-state index is 13.3. The molecular formula is C24H21ClFN3O3. The highest BCUT2D eigenvalue weighted by Crippen LogP contribution is 2.30. The highest BCUT2D eigenvalue weighted by Gasteiger charge is 2.49. The Morgan fingerprint density at radius 1 is 1.06 bits per heavy atom. The van der Waals surface area contributed by atoms with Crippen molar-refractivity contribution in [2.45, 2.75) is 26.3 Å². The van der Waals surface area contributed by atoms with Crippen LogP contribution in [0.15, 0.2) is 54.6 Å². The molecule has 3 aromatic rings. The Morgan fingerprint density at radius 2 is 1.69 bits per heavy atom. The average molecular weight is 454 g/mol. The van der Waals surface area contributed by atoms with Crippen LogP contribution in [0.2, 0.25) is 5.02 Å². The Kier molecular flexibility index (Phi) is 5.38. The number of hydrogen-bond donors (Lipinski definition) is 1. The van der Waals surface area contributed by atoms with Crippen LogP contribution in [0.1, 0.15) is 34.2 Å². The number of carbonyl (C=O) groups excluding carboxylic acids is 3. The summed E-state index contributed by atoms with van der Waals surface area (Å²) in [5.74, 6) is -1.23. The number of ketones is 1. The van der Waals surface area contributed by atoms with Gasteiger partial charge in [-0.15, -0.1) is 0 Å². The summed E-state index contributed by atoms with van der Waals surface area (Å²) < 4.78 is 15.1. The third-order valence-corrected chi connectivity index (χ3v) is 6.07. The van der Waals surface area contributed by atoms with Crippen molar-refractivity contribution in [1.29, 1.82) is 0 Å². The van der Waals surface area contributed by atoms with Crippen molar-refractivity contribution < 1.29 is 18.8 Å². The molecule has 1 aromatic heterocycles. The number of rotatable bonds is 5. The standard InChI is InChI=1S/C24H21ClFN3O3/c1-14-12-20(15(2)29(14)19-10-8-18(26)9-11-19)21(30)13-28-22(31)24(3,27-23(28)32)16-4-6-17(25)7-5-16/h4-12H,13H2,1-3H3,(H,27,32)/t24-/m0/s1. The van der Waals surface area contributed by atoms with E-state index < -0.39 is 17.5 Å². The van der Waals surface area contributed by atoms with Gasteiger partial charge in [-0.25, -0.2) is 9.18 Å². The molecule has 1 saturated heterocycles. The smallest absolute Gasteiger partial charge is 0.319 e.